The van der Waals surface area contributed by atoms with Crippen molar-refractivity contribution in [3.8, 4) is 0 Å². The Bertz CT molecular complexity index is 388. The lowest BCUT2D eigenvalue weighted by molar-refractivity contribution is -0.113. The highest BCUT2D eigenvalue weighted by atomic mass is 16.2. The highest BCUT2D eigenvalue weighted by Crippen LogP contribution is 2.20. The van der Waals surface area contributed by atoms with Gasteiger partial charge in [0.15, 0.2) is 5.78 Å². The lowest BCUT2D eigenvalue weighted by Gasteiger charge is -1.99. The fraction of sp³-hybridized carbons (Fsp3) is 0.455. The summed E-state index contributed by atoms with van der Waals surface area (Å²) in [4.78, 5) is 22.6. The number of carbonyl (C=O) groups excluding carboxylic acids is 2. The molecule has 14 heavy (non-hydrogen) atoms. The van der Waals surface area contributed by atoms with E-state index in [0.717, 1.165) is 17.0 Å². The Morgan fingerprint density at radius 1 is 1.07 bits per heavy atom. The van der Waals surface area contributed by atoms with Gasteiger partial charge in [0.1, 0.15) is 0 Å². The van der Waals surface area contributed by atoms with Crippen molar-refractivity contribution in [3.05, 3.63) is 22.5 Å². The maximum atomic E-state index is 11.6. The Labute approximate surface area is 83.7 Å². The number of rotatable bonds is 2. The van der Waals surface area contributed by atoms with Gasteiger partial charge in [-0.3, -0.25) is 9.59 Å². The number of hydrogen-bond acceptors (Lipinski definition) is 2. The summed E-state index contributed by atoms with van der Waals surface area (Å²) in [5.41, 5.74) is 3.37. The van der Waals surface area contributed by atoms with Crippen LogP contribution in [-0.2, 0) is 11.8 Å². The van der Waals surface area contributed by atoms with Gasteiger partial charge in [0, 0.05) is 30.9 Å². The molecule has 0 aliphatic heterocycles. The van der Waals surface area contributed by atoms with Crippen molar-refractivity contribution >= 4 is 11.6 Å². The molecule has 0 spiro atoms. The van der Waals surface area contributed by atoms with Crippen LogP contribution in [0, 0.1) is 20.8 Å². The van der Waals surface area contributed by atoms with Crippen molar-refractivity contribution in [2.24, 2.45) is 7.05 Å². The monoisotopic (exact) mass is 193 g/mol. The zero-order valence-electron chi connectivity index (χ0n) is 9.26. The van der Waals surface area contributed by atoms with E-state index >= 15 is 0 Å². The molecule has 0 radical (unpaired) electrons. The first-order valence-electron chi connectivity index (χ1n) is 4.55. The maximum Gasteiger partial charge on any atom is 0.230 e. The fourth-order valence-electron chi connectivity index (χ4n) is 1.63. The summed E-state index contributed by atoms with van der Waals surface area (Å²) in [6.45, 7) is 6.98. The van der Waals surface area contributed by atoms with Crippen LogP contribution in [0.5, 0.6) is 0 Å². The van der Waals surface area contributed by atoms with E-state index in [4.69, 9.17) is 0 Å². The highest BCUT2D eigenvalue weighted by Gasteiger charge is 2.21. The molecular weight excluding hydrogens is 178 g/mol. The van der Waals surface area contributed by atoms with Crippen LogP contribution < -0.4 is 0 Å². The number of aromatic nitrogens is 1. The number of nitrogens with zero attached hydrogens (tertiary/aromatic N) is 1. The smallest absolute Gasteiger partial charge is 0.230 e. The van der Waals surface area contributed by atoms with Gasteiger partial charge < -0.3 is 4.57 Å². The van der Waals surface area contributed by atoms with E-state index in [-0.39, 0.29) is 5.78 Å². The Balaban J connectivity index is 3.43. The molecule has 0 aliphatic carbocycles. The molecule has 1 aromatic heterocycles. The summed E-state index contributed by atoms with van der Waals surface area (Å²) < 4.78 is 1.94. The molecule has 0 fully saturated rings. The molecule has 0 bridgehead atoms. The van der Waals surface area contributed by atoms with Crippen molar-refractivity contribution < 1.29 is 9.59 Å². The molecule has 1 heterocycles. The zero-order valence-corrected chi connectivity index (χ0v) is 9.26. The molecule has 1 rings (SSSR count). The Morgan fingerprint density at radius 2 is 1.57 bits per heavy atom. The second-order valence-electron chi connectivity index (χ2n) is 3.62. The maximum absolute atomic E-state index is 11.6. The van der Waals surface area contributed by atoms with Crippen LogP contribution in [0.4, 0.5) is 0 Å². The Kier molecular flexibility index (Phi) is 2.60. The van der Waals surface area contributed by atoms with Crippen LogP contribution >= 0.6 is 0 Å². The lowest BCUT2D eigenvalue weighted by Crippen LogP contribution is -2.11. The molecule has 0 atom stereocenters. The summed E-state index contributed by atoms with van der Waals surface area (Å²) in [5, 5.41) is 0. The summed E-state index contributed by atoms with van der Waals surface area (Å²) in [5.74, 6) is -0.787. The number of hydrogen-bond donors (Lipinski definition) is 0. The summed E-state index contributed by atoms with van der Waals surface area (Å²) >= 11 is 0. The largest absolute Gasteiger partial charge is 0.351 e. The van der Waals surface area contributed by atoms with Gasteiger partial charge >= 0.3 is 0 Å². The van der Waals surface area contributed by atoms with E-state index < -0.39 is 5.78 Å². The van der Waals surface area contributed by atoms with Gasteiger partial charge in [0.2, 0.25) is 5.78 Å². The molecule has 3 nitrogen and oxygen atoms in total. The van der Waals surface area contributed by atoms with E-state index in [0.29, 0.717) is 5.56 Å². The molecule has 3 heteroatoms. The minimum absolute atomic E-state index is 0.385. The standard InChI is InChI=1S/C11H15NO2/c1-6-7(2)12(5)8(3)10(6)11(14)9(4)13/h1-5H3. The van der Waals surface area contributed by atoms with Gasteiger partial charge in [-0.2, -0.15) is 0 Å². The zero-order chi connectivity index (χ0) is 11.0. The predicted octanol–water partition coefficient (Wildman–Crippen LogP) is 1.72. The quantitative estimate of drug-likeness (QED) is 0.530. The van der Waals surface area contributed by atoms with Crippen LogP contribution in [0.15, 0.2) is 0 Å². The molecule has 0 unspecified atom stereocenters. The Morgan fingerprint density at radius 3 is 1.86 bits per heavy atom. The first-order chi connectivity index (χ1) is 6.37. The van der Waals surface area contributed by atoms with Gasteiger partial charge in [-0.25, -0.2) is 0 Å². The molecular formula is C11H15NO2. The first-order valence-corrected chi connectivity index (χ1v) is 4.55. The second kappa shape index (κ2) is 3.40. The molecule has 0 amide bonds. The van der Waals surface area contributed by atoms with Crippen LogP contribution in [0.3, 0.4) is 0 Å². The highest BCUT2D eigenvalue weighted by molar-refractivity contribution is 6.43. The summed E-state index contributed by atoms with van der Waals surface area (Å²) in [6.07, 6.45) is 0. The lowest BCUT2D eigenvalue weighted by atomic mass is 10.0. The predicted molar refractivity (Wildman–Crippen MR) is 54.6 cm³/mol. The van der Waals surface area contributed by atoms with Crippen molar-refractivity contribution in [1.82, 2.24) is 4.57 Å². The normalized spacial score (nSPS) is 10.4. The van der Waals surface area contributed by atoms with Crippen LogP contribution in [0.2, 0.25) is 0 Å². The van der Waals surface area contributed by atoms with Crippen molar-refractivity contribution in [2.45, 2.75) is 27.7 Å². The van der Waals surface area contributed by atoms with Crippen LogP contribution in [0.25, 0.3) is 0 Å². The van der Waals surface area contributed by atoms with E-state index in [9.17, 15) is 9.59 Å². The van der Waals surface area contributed by atoms with E-state index in [1.165, 1.54) is 6.92 Å². The average Bonchev–Trinajstić information content (AvgIpc) is 2.30. The van der Waals surface area contributed by atoms with Crippen LogP contribution in [-0.4, -0.2) is 16.1 Å². The van der Waals surface area contributed by atoms with Gasteiger partial charge in [-0.1, -0.05) is 0 Å². The molecule has 0 aliphatic rings. The molecule has 76 valence electrons. The van der Waals surface area contributed by atoms with Gasteiger partial charge in [0.25, 0.3) is 0 Å². The summed E-state index contributed by atoms with van der Waals surface area (Å²) in [6, 6.07) is 0. The average molecular weight is 193 g/mol. The molecule has 0 saturated heterocycles. The fourth-order valence-corrected chi connectivity index (χ4v) is 1.63. The summed E-state index contributed by atoms with van der Waals surface area (Å²) in [7, 11) is 1.90. The van der Waals surface area contributed by atoms with Gasteiger partial charge in [0.05, 0.1) is 0 Å². The molecule has 0 saturated carbocycles. The van der Waals surface area contributed by atoms with E-state index in [2.05, 4.69) is 0 Å². The third-order valence-electron chi connectivity index (χ3n) is 2.83. The van der Waals surface area contributed by atoms with Crippen molar-refractivity contribution in [3.63, 3.8) is 0 Å². The first kappa shape index (κ1) is 10.7. The molecule has 0 N–H and O–H groups in total. The SMILES string of the molecule is CC(=O)C(=O)c1c(C)c(C)n(C)c1C. The topological polar surface area (TPSA) is 39.1 Å². The minimum atomic E-state index is -0.401. The number of Topliss-reactive ketones (excluding diaryl/α,β-unsaturated/α-hetero) is 2. The molecule has 1 aromatic rings. The second-order valence-corrected chi connectivity index (χ2v) is 3.62. The van der Waals surface area contributed by atoms with Crippen LogP contribution in [0.1, 0.15) is 34.2 Å². The number of ketones is 2. The van der Waals surface area contributed by atoms with Crippen molar-refractivity contribution in [2.75, 3.05) is 0 Å². The van der Waals surface area contributed by atoms with E-state index in [1.54, 1.807) is 0 Å². The number of carbonyl (C=O) groups is 2. The van der Waals surface area contributed by atoms with Gasteiger partial charge in [-0.15, -0.1) is 0 Å². The third kappa shape index (κ3) is 1.39. The van der Waals surface area contributed by atoms with Gasteiger partial charge in [-0.05, 0) is 26.3 Å². The Hall–Kier alpha value is -1.38. The van der Waals surface area contributed by atoms with Crippen molar-refractivity contribution in [1.29, 1.82) is 0 Å². The van der Waals surface area contributed by atoms with E-state index in [1.807, 2.05) is 32.4 Å². The third-order valence-corrected chi connectivity index (χ3v) is 2.83. The molecule has 0 aromatic carbocycles. The minimum Gasteiger partial charge on any atom is -0.351 e.